The number of rotatable bonds is 10. The fraction of sp³-hybridized carbons (Fsp3) is 0.722. The molecule has 45 heavy (non-hydrogen) atoms. The van der Waals surface area contributed by atoms with Gasteiger partial charge in [-0.2, -0.15) is 4.39 Å². The highest BCUT2D eigenvalue weighted by atomic mass is 19.1. The molecule has 4 atom stereocenters. The van der Waals surface area contributed by atoms with Crippen molar-refractivity contribution in [3.63, 3.8) is 0 Å². The van der Waals surface area contributed by atoms with E-state index in [2.05, 4.69) is 32.9 Å². The van der Waals surface area contributed by atoms with E-state index >= 15 is 4.39 Å². The molecule has 0 amide bonds. The number of nitrogens with zero attached hydrogens (tertiary/aromatic N) is 2. The number of aliphatic hydroxyl groups is 1. The van der Waals surface area contributed by atoms with Crippen LogP contribution in [0.25, 0.3) is 0 Å². The van der Waals surface area contributed by atoms with E-state index in [-0.39, 0.29) is 13.2 Å². The van der Waals surface area contributed by atoms with Crippen molar-refractivity contribution in [2.24, 2.45) is 0 Å². The highest BCUT2D eigenvalue weighted by molar-refractivity contribution is 5.07. The summed E-state index contributed by atoms with van der Waals surface area (Å²) in [5.74, 6) is -1.86. The monoisotopic (exact) mass is 630 g/mol. The van der Waals surface area contributed by atoms with Crippen LogP contribution >= 0.6 is 0 Å². The van der Waals surface area contributed by atoms with Crippen molar-refractivity contribution >= 4 is 0 Å². The van der Waals surface area contributed by atoms with Gasteiger partial charge in [-0.3, -0.25) is 13.9 Å². The molecule has 3 aliphatic rings. The van der Waals surface area contributed by atoms with Gasteiger partial charge in [-0.25, -0.2) is 4.79 Å². The Morgan fingerprint density at radius 3 is 2.02 bits per heavy atom. The Labute approximate surface area is 268 Å². The first-order valence-corrected chi connectivity index (χ1v) is 17.2. The highest BCUT2D eigenvalue weighted by Gasteiger charge is 2.58. The summed E-state index contributed by atoms with van der Waals surface area (Å²) in [5.41, 5.74) is 2.02. The molecule has 1 aliphatic carbocycles. The summed E-state index contributed by atoms with van der Waals surface area (Å²) in [6, 6.07) is 0. The third kappa shape index (κ3) is 9.60. The van der Waals surface area contributed by atoms with Crippen molar-refractivity contribution in [3.05, 3.63) is 67.8 Å². The van der Waals surface area contributed by atoms with Gasteiger partial charge < -0.3 is 19.3 Å². The first-order chi connectivity index (χ1) is 21.6. The van der Waals surface area contributed by atoms with E-state index in [9.17, 15) is 14.7 Å². The number of hydrogen-bond acceptors (Lipinski definition) is 6. The molecule has 0 radical (unpaired) electrons. The molecule has 0 aromatic carbocycles. The van der Waals surface area contributed by atoms with Gasteiger partial charge in [0.2, 0.25) is 5.82 Å². The van der Waals surface area contributed by atoms with Crippen molar-refractivity contribution < 1.29 is 23.7 Å². The summed E-state index contributed by atoms with van der Waals surface area (Å²) < 4.78 is 36.3. The molecule has 9 heteroatoms. The molecule has 4 rings (SSSR count). The molecule has 1 N–H and O–H groups in total. The van der Waals surface area contributed by atoms with Gasteiger partial charge in [-0.1, -0.05) is 79.9 Å². The SMILES string of the molecule is CC(C)=CCC/C(C)=C/CC/C(C)=C/Cn1c(=O)c(F)cn(C2OC(CO)C3OC4(CCCCCCCCCCC4)OC32)c1=O. The Balaban J connectivity index is 1.49. The van der Waals surface area contributed by atoms with Crippen molar-refractivity contribution in [2.45, 2.75) is 161 Å². The predicted octanol–water partition coefficient (Wildman–Crippen LogP) is 7.24. The fourth-order valence-electron chi connectivity index (χ4n) is 6.77. The third-order valence-corrected chi connectivity index (χ3v) is 9.46. The quantitative estimate of drug-likeness (QED) is 0.274. The maximum absolute atomic E-state index is 15.1. The van der Waals surface area contributed by atoms with Gasteiger partial charge in [0.15, 0.2) is 12.0 Å². The van der Waals surface area contributed by atoms with E-state index in [1.807, 2.05) is 13.0 Å². The highest BCUT2D eigenvalue weighted by Crippen LogP contribution is 2.47. The maximum Gasteiger partial charge on any atom is 0.333 e. The molecule has 3 heterocycles. The van der Waals surface area contributed by atoms with Crippen molar-refractivity contribution in [1.82, 2.24) is 9.13 Å². The minimum atomic E-state index is -1.04. The molecule has 1 spiro atoms. The number of ether oxygens (including phenoxy) is 3. The summed E-state index contributed by atoms with van der Waals surface area (Å²) in [6.45, 7) is 7.92. The summed E-state index contributed by atoms with van der Waals surface area (Å²) in [5, 5.41) is 10.2. The first-order valence-electron chi connectivity index (χ1n) is 17.2. The second-order valence-electron chi connectivity index (χ2n) is 13.5. The Bertz CT molecular complexity index is 1310. The summed E-state index contributed by atoms with van der Waals surface area (Å²) >= 11 is 0. The molecule has 0 bridgehead atoms. The lowest BCUT2D eigenvalue weighted by Crippen LogP contribution is -2.44. The molecular weight excluding hydrogens is 575 g/mol. The van der Waals surface area contributed by atoms with Gasteiger partial charge in [0.25, 0.3) is 5.56 Å². The molecular formula is C36H55FN2O6. The van der Waals surface area contributed by atoms with Gasteiger partial charge in [0.1, 0.15) is 18.3 Å². The number of fused-ring (bicyclic) bond motifs is 1. The molecule has 2 saturated heterocycles. The fourth-order valence-corrected chi connectivity index (χ4v) is 6.77. The van der Waals surface area contributed by atoms with Crippen molar-refractivity contribution in [1.29, 1.82) is 0 Å². The largest absolute Gasteiger partial charge is 0.394 e. The summed E-state index contributed by atoms with van der Waals surface area (Å²) in [4.78, 5) is 26.5. The van der Waals surface area contributed by atoms with E-state index in [1.165, 1.54) is 43.3 Å². The first kappa shape index (κ1) is 35.5. The lowest BCUT2D eigenvalue weighted by Gasteiger charge is -2.32. The van der Waals surface area contributed by atoms with Crippen LogP contribution in [-0.4, -0.2) is 44.9 Å². The smallest absolute Gasteiger partial charge is 0.333 e. The van der Waals surface area contributed by atoms with Crippen LogP contribution in [-0.2, 0) is 20.8 Å². The Morgan fingerprint density at radius 1 is 0.867 bits per heavy atom. The van der Waals surface area contributed by atoms with Crippen LogP contribution < -0.4 is 11.2 Å². The van der Waals surface area contributed by atoms with E-state index in [1.54, 1.807) is 0 Å². The average molecular weight is 631 g/mol. The predicted molar refractivity (Wildman–Crippen MR) is 175 cm³/mol. The Morgan fingerprint density at radius 2 is 1.42 bits per heavy atom. The number of allylic oxidation sites excluding steroid dienone is 6. The Hall–Kier alpha value is -2.33. The zero-order valence-corrected chi connectivity index (χ0v) is 27.9. The standard InChI is InChI=1S/C36H55FN2O6/c1-26(2)16-14-17-27(3)18-15-19-28(4)20-23-38-33(41)29(37)24-39(35(38)42)34-32-31(30(25-40)43-34)44-36(45-32)21-12-10-8-6-5-7-9-11-13-22-36/h16,18,20,24,30-32,34,40H,5-15,17,19,21-23,25H2,1-4H3/b27-18+,28-20+. The summed E-state index contributed by atoms with van der Waals surface area (Å²) in [7, 11) is 0. The van der Waals surface area contributed by atoms with Crippen LogP contribution in [0.5, 0.6) is 0 Å². The number of halogens is 1. The van der Waals surface area contributed by atoms with Gasteiger partial charge in [-0.05, 0) is 66.2 Å². The summed E-state index contributed by atoms with van der Waals surface area (Å²) in [6.07, 6.45) is 19.5. The molecule has 252 valence electrons. The van der Waals surface area contributed by atoms with E-state index in [0.29, 0.717) is 0 Å². The molecule has 3 fully saturated rings. The van der Waals surface area contributed by atoms with Crippen molar-refractivity contribution in [2.75, 3.05) is 6.61 Å². The molecule has 4 unspecified atom stereocenters. The van der Waals surface area contributed by atoms with Crippen LogP contribution in [0.15, 0.2) is 50.7 Å². The van der Waals surface area contributed by atoms with Crippen LogP contribution in [0, 0.1) is 5.82 Å². The van der Waals surface area contributed by atoms with Gasteiger partial charge in [0.05, 0.1) is 12.8 Å². The maximum atomic E-state index is 15.1. The van der Waals surface area contributed by atoms with Crippen molar-refractivity contribution in [3.8, 4) is 0 Å². The second kappa shape index (κ2) is 17.0. The topological polar surface area (TPSA) is 91.9 Å². The average Bonchev–Trinajstić information content (AvgIpc) is 3.52. The van der Waals surface area contributed by atoms with Gasteiger partial charge >= 0.3 is 5.69 Å². The number of aromatic nitrogens is 2. The van der Waals surface area contributed by atoms with E-state index in [4.69, 9.17) is 14.2 Å². The number of aliphatic hydroxyl groups excluding tert-OH is 1. The lowest BCUT2D eigenvalue weighted by molar-refractivity contribution is -0.228. The minimum Gasteiger partial charge on any atom is -0.394 e. The molecule has 8 nitrogen and oxygen atoms in total. The lowest BCUT2D eigenvalue weighted by atomic mass is 9.97. The van der Waals surface area contributed by atoms with Crippen LogP contribution in [0.3, 0.4) is 0 Å². The molecule has 1 saturated carbocycles. The number of hydrogen-bond donors (Lipinski definition) is 1. The minimum absolute atomic E-state index is 0.0456. The van der Waals surface area contributed by atoms with Crippen LogP contribution in [0.4, 0.5) is 4.39 Å². The molecule has 1 aromatic rings. The van der Waals surface area contributed by atoms with Gasteiger partial charge in [-0.15, -0.1) is 0 Å². The zero-order valence-electron chi connectivity index (χ0n) is 27.9. The van der Waals surface area contributed by atoms with E-state index < -0.39 is 47.4 Å². The van der Waals surface area contributed by atoms with E-state index in [0.717, 1.165) is 85.1 Å². The molecule has 1 aromatic heterocycles. The molecule has 2 aliphatic heterocycles. The van der Waals surface area contributed by atoms with Crippen LogP contribution in [0.1, 0.15) is 130 Å². The van der Waals surface area contributed by atoms with Gasteiger partial charge in [0, 0.05) is 19.4 Å². The third-order valence-electron chi connectivity index (χ3n) is 9.46. The zero-order chi connectivity index (χ0) is 32.4. The normalized spacial score (nSPS) is 26.4. The second-order valence-corrected chi connectivity index (χ2v) is 13.5. The Kier molecular flexibility index (Phi) is 13.4. The van der Waals surface area contributed by atoms with Crippen LogP contribution in [0.2, 0.25) is 0 Å².